The molecule has 0 aliphatic rings. The van der Waals surface area contributed by atoms with E-state index in [1.807, 2.05) is 48.5 Å². The summed E-state index contributed by atoms with van der Waals surface area (Å²) in [6.07, 6.45) is 0. The Hall–Kier alpha value is -4.46. The van der Waals surface area contributed by atoms with Crippen LogP contribution in [-0.4, -0.2) is 28.0 Å². The number of aryl methyl sites for hydroxylation is 1. The Labute approximate surface area is 196 Å². The normalized spacial score (nSPS) is 11.6. The first kappa shape index (κ1) is 22.7. The summed E-state index contributed by atoms with van der Waals surface area (Å²) in [6.45, 7) is 2.93. The molecule has 0 saturated heterocycles. The zero-order valence-corrected chi connectivity index (χ0v) is 18.8. The van der Waals surface area contributed by atoms with Gasteiger partial charge in [-0.3, -0.25) is 29.8 Å². The molecular weight excluding hydrogens is 432 g/mol. The molecule has 1 atom stereocenters. The number of nitrogens with zero attached hydrogens (tertiary/aromatic N) is 2. The smallest absolute Gasteiger partial charge is 0.276 e. The fourth-order valence-electron chi connectivity index (χ4n) is 3.69. The molecule has 1 unspecified atom stereocenters. The minimum atomic E-state index is -0.885. The Balaban J connectivity index is 1.39. The Morgan fingerprint density at radius 2 is 1.62 bits per heavy atom. The van der Waals surface area contributed by atoms with E-state index in [2.05, 4.69) is 15.8 Å². The quantitative estimate of drug-likeness (QED) is 0.434. The van der Waals surface area contributed by atoms with E-state index in [9.17, 15) is 14.4 Å². The van der Waals surface area contributed by atoms with Gasteiger partial charge >= 0.3 is 0 Å². The van der Waals surface area contributed by atoms with Gasteiger partial charge in [0, 0.05) is 5.56 Å². The second-order valence-electron chi connectivity index (χ2n) is 7.72. The van der Waals surface area contributed by atoms with Crippen LogP contribution in [0.3, 0.4) is 0 Å². The third-order valence-electron chi connectivity index (χ3n) is 5.41. The average molecular weight is 457 g/mol. The van der Waals surface area contributed by atoms with Crippen LogP contribution in [0.1, 0.15) is 18.8 Å². The van der Waals surface area contributed by atoms with Crippen molar-refractivity contribution in [1.82, 2.24) is 20.4 Å². The van der Waals surface area contributed by atoms with Gasteiger partial charge in [0.2, 0.25) is 0 Å². The lowest BCUT2D eigenvalue weighted by molar-refractivity contribution is -0.131. The molecule has 8 nitrogen and oxygen atoms in total. The van der Waals surface area contributed by atoms with Gasteiger partial charge in [0.15, 0.2) is 6.61 Å². The standard InChI is InChI=1S/C26H24N4O4/c1-17(30-18(2)27-22-14-8-6-13-21(22)26(30)33)25(32)29-28-24(31)16-34-23-15-9-7-12-20(23)19-10-4-3-5-11-19/h3-15,17H,16H2,1-2H3,(H,28,31)(H,29,32). The van der Waals surface area contributed by atoms with Crippen molar-refractivity contribution in [2.75, 3.05) is 6.61 Å². The Morgan fingerprint density at radius 3 is 2.41 bits per heavy atom. The third kappa shape index (κ3) is 4.80. The molecule has 0 bridgehead atoms. The van der Waals surface area contributed by atoms with E-state index in [0.29, 0.717) is 22.5 Å². The maximum absolute atomic E-state index is 12.9. The van der Waals surface area contributed by atoms with Gasteiger partial charge in [-0.05, 0) is 37.6 Å². The molecule has 0 aliphatic heterocycles. The lowest BCUT2D eigenvalue weighted by Crippen LogP contribution is -2.47. The Morgan fingerprint density at radius 1 is 0.941 bits per heavy atom. The minimum Gasteiger partial charge on any atom is -0.483 e. The highest BCUT2D eigenvalue weighted by Gasteiger charge is 2.20. The number of hydrogen-bond acceptors (Lipinski definition) is 5. The summed E-state index contributed by atoms with van der Waals surface area (Å²) < 4.78 is 6.99. The second kappa shape index (κ2) is 9.99. The lowest BCUT2D eigenvalue weighted by Gasteiger charge is -2.18. The van der Waals surface area contributed by atoms with E-state index in [4.69, 9.17) is 4.74 Å². The van der Waals surface area contributed by atoms with E-state index in [0.717, 1.165) is 11.1 Å². The van der Waals surface area contributed by atoms with Gasteiger partial charge < -0.3 is 4.74 Å². The van der Waals surface area contributed by atoms with E-state index >= 15 is 0 Å². The zero-order chi connectivity index (χ0) is 24.1. The number of ether oxygens (including phenoxy) is 1. The topological polar surface area (TPSA) is 102 Å². The van der Waals surface area contributed by atoms with Crippen LogP contribution in [0.2, 0.25) is 0 Å². The van der Waals surface area contributed by atoms with Crippen molar-refractivity contribution in [3.63, 3.8) is 0 Å². The van der Waals surface area contributed by atoms with Crippen molar-refractivity contribution >= 4 is 22.7 Å². The number of hydrazine groups is 1. The average Bonchev–Trinajstić information content (AvgIpc) is 2.86. The highest BCUT2D eigenvalue weighted by atomic mass is 16.5. The molecule has 1 heterocycles. The largest absolute Gasteiger partial charge is 0.483 e. The SMILES string of the molecule is Cc1nc2ccccc2c(=O)n1C(C)C(=O)NNC(=O)COc1ccccc1-c1ccccc1. The van der Waals surface area contributed by atoms with E-state index in [-0.39, 0.29) is 12.2 Å². The van der Waals surface area contributed by atoms with Crippen LogP contribution >= 0.6 is 0 Å². The first-order valence-corrected chi connectivity index (χ1v) is 10.8. The molecular formula is C26H24N4O4. The number of carbonyl (C=O) groups excluding carboxylic acids is 2. The van der Waals surface area contributed by atoms with Crippen molar-refractivity contribution in [1.29, 1.82) is 0 Å². The van der Waals surface area contributed by atoms with Crippen molar-refractivity contribution in [3.8, 4) is 16.9 Å². The second-order valence-corrected chi connectivity index (χ2v) is 7.72. The van der Waals surface area contributed by atoms with Crippen molar-refractivity contribution in [3.05, 3.63) is 95.0 Å². The number of para-hydroxylation sites is 2. The number of carbonyl (C=O) groups is 2. The number of benzene rings is 3. The summed E-state index contributed by atoms with van der Waals surface area (Å²) in [4.78, 5) is 42.2. The number of fused-ring (bicyclic) bond motifs is 1. The minimum absolute atomic E-state index is 0.297. The first-order chi connectivity index (χ1) is 16.5. The van der Waals surface area contributed by atoms with Crippen molar-refractivity contribution in [2.24, 2.45) is 0 Å². The molecule has 4 rings (SSSR count). The number of amides is 2. The van der Waals surface area contributed by atoms with E-state index < -0.39 is 17.9 Å². The monoisotopic (exact) mass is 456 g/mol. The number of nitrogens with one attached hydrogen (secondary N) is 2. The van der Waals surface area contributed by atoms with Crippen LogP contribution in [0.5, 0.6) is 5.75 Å². The van der Waals surface area contributed by atoms with Gasteiger partial charge in [-0.15, -0.1) is 0 Å². The maximum atomic E-state index is 12.9. The van der Waals surface area contributed by atoms with Crippen molar-refractivity contribution in [2.45, 2.75) is 19.9 Å². The third-order valence-corrected chi connectivity index (χ3v) is 5.41. The summed E-state index contributed by atoms with van der Waals surface area (Å²) in [6, 6.07) is 23.1. The molecule has 0 spiro atoms. The number of hydrogen-bond donors (Lipinski definition) is 2. The van der Waals surface area contributed by atoms with Gasteiger partial charge in [-0.2, -0.15) is 0 Å². The van der Waals surface area contributed by atoms with Gasteiger partial charge in [0.25, 0.3) is 17.4 Å². The van der Waals surface area contributed by atoms with E-state index in [1.54, 1.807) is 44.2 Å². The summed E-state index contributed by atoms with van der Waals surface area (Å²) >= 11 is 0. The lowest BCUT2D eigenvalue weighted by atomic mass is 10.1. The molecule has 4 aromatic rings. The Bertz CT molecular complexity index is 1400. The van der Waals surface area contributed by atoms with Crippen LogP contribution in [0.4, 0.5) is 0 Å². The van der Waals surface area contributed by atoms with Crippen LogP contribution in [0.25, 0.3) is 22.0 Å². The van der Waals surface area contributed by atoms with E-state index in [1.165, 1.54) is 4.57 Å². The van der Waals surface area contributed by atoms with Crippen LogP contribution < -0.4 is 21.1 Å². The molecule has 2 N–H and O–H groups in total. The highest BCUT2D eigenvalue weighted by Crippen LogP contribution is 2.29. The highest BCUT2D eigenvalue weighted by molar-refractivity contribution is 5.85. The summed E-state index contributed by atoms with van der Waals surface area (Å²) in [7, 11) is 0. The molecule has 2 amide bonds. The fraction of sp³-hybridized carbons (Fsp3) is 0.154. The maximum Gasteiger partial charge on any atom is 0.276 e. The molecule has 0 aliphatic carbocycles. The molecule has 1 aromatic heterocycles. The molecule has 0 fully saturated rings. The Kier molecular flexibility index (Phi) is 6.68. The molecule has 172 valence electrons. The summed E-state index contributed by atoms with van der Waals surface area (Å²) in [5.74, 6) is -0.143. The van der Waals surface area contributed by atoms with Gasteiger partial charge in [0.05, 0.1) is 10.9 Å². The molecule has 8 heteroatoms. The summed E-state index contributed by atoms with van der Waals surface area (Å²) in [5.41, 5.74) is 6.76. The summed E-state index contributed by atoms with van der Waals surface area (Å²) in [5, 5.41) is 0.419. The van der Waals surface area contributed by atoms with Crippen molar-refractivity contribution < 1.29 is 14.3 Å². The molecule has 3 aromatic carbocycles. The number of rotatable bonds is 6. The van der Waals surface area contributed by atoms with Crippen LogP contribution in [0, 0.1) is 6.92 Å². The molecule has 0 saturated carbocycles. The first-order valence-electron chi connectivity index (χ1n) is 10.8. The number of aromatic nitrogens is 2. The van der Waals surface area contributed by atoms with Crippen LogP contribution in [-0.2, 0) is 9.59 Å². The van der Waals surface area contributed by atoms with Gasteiger partial charge in [0.1, 0.15) is 17.6 Å². The van der Waals surface area contributed by atoms with Gasteiger partial charge in [-0.1, -0.05) is 60.7 Å². The fourth-order valence-corrected chi connectivity index (χ4v) is 3.69. The predicted molar refractivity (Wildman–Crippen MR) is 129 cm³/mol. The molecule has 0 radical (unpaired) electrons. The zero-order valence-electron chi connectivity index (χ0n) is 18.8. The van der Waals surface area contributed by atoms with Gasteiger partial charge in [-0.25, -0.2) is 4.98 Å². The predicted octanol–water partition coefficient (Wildman–Crippen LogP) is 3.16. The molecule has 34 heavy (non-hydrogen) atoms. The van der Waals surface area contributed by atoms with Crippen LogP contribution in [0.15, 0.2) is 83.7 Å².